The van der Waals surface area contributed by atoms with Crippen molar-refractivity contribution in [3.05, 3.63) is 81.9 Å². The van der Waals surface area contributed by atoms with Gasteiger partial charge in [-0.3, -0.25) is 9.47 Å². The van der Waals surface area contributed by atoms with Gasteiger partial charge in [-0.25, -0.2) is 4.68 Å². The monoisotopic (exact) mass is 416 g/mol. The van der Waals surface area contributed by atoms with Crippen molar-refractivity contribution in [3.8, 4) is 0 Å². The van der Waals surface area contributed by atoms with E-state index in [1.807, 2.05) is 0 Å². The Morgan fingerprint density at radius 2 is 1.70 bits per heavy atom. The molecule has 0 spiro atoms. The average Bonchev–Trinajstić information content (AvgIpc) is 3.70. The Balaban J connectivity index is 1.32. The first kappa shape index (κ1) is 18.5. The van der Waals surface area contributed by atoms with E-state index < -0.39 is 0 Å². The van der Waals surface area contributed by atoms with Crippen LogP contribution in [0.4, 0.5) is 0 Å². The third kappa shape index (κ3) is 3.44. The number of aryl methyl sites for hydroxylation is 1. The van der Waals surface area contributed by atoms with Crippen LogP contribution in [0.2, 0.25) is 0 Å². The SMILES string of the molecule is S=c1n(CN(C2CC2)C2CCc3ccccc32)nc(C2CC2)n1Cc1ccccc1. The number of nitrogens with zero attached hydrogens (tertiary/aromatic N) is 4. The minimum absolute atomic E-state index is 0.499. The summed E-state index contributed by atoms with van der Waals surface area (Å²) in [6.07, 6.45) is 7.47. The lowest BCUT2D eigenvalue weighted by Crippen LogP contribution is -2.32. The molecule has 3 aliphatic rings. The van der Waals surface area contributed by atoms with Gasteiger partial charge in [-0.05, 0) is 67.4 Å². The van der Waals surface area contributed by atoms with Crippen LogP contribution in [0.1, 0.15) is 66.6 Å². The van der Waals surface area contributed by atoms with Gasteiger partial charge in [0, 0.05) is 18.0 Å². The number of benzene rings is 2. The lowest BCUT2D eigenvalue weighted by Gasteiger charge is -2.29. The molecule has 0 bridgehead atoms. The molecule has 3 aromatic rings. The van der Waals surface area contributed by atoms with Gasteiger partial charge in [0.15, 0.2) is 4.77 Å². The normalized spacial score (nSPS) is 20.6. The largest absolute Gasteiger partial charge is 0.299 e. The summed E-state index contributed by atoms with van der Waals surface area (Å²) >= 11 is 5.97. The fraction of sp³-hybridized carbons (Fsp3) is 0.440. The van der Waals surface area contributed by atoms with Crippen molar-refractivity contribution >= 4 is 12.2 Å². The zero-order chi connectivity index (χ0) is 20.1. The first-order valence-corrected chi connectivity index (χ1v) is 11.7. The highest BCUT2D eigenvalue weighted by Crippen LogP contribution is 2.43. The quantitative estimate of drug-likeness (QED) is 0.479. The van der Waals surface area contributed by atoms with Crippen LogP contribution in [0.3, 0.4) is 0 Å². The average molecular weight is 417 g/mol. The van der Waals surface area contributed by atoms with Crippen LogP contribution in [0.25, 0.3) is 0 Å². The summed E-state index contributed by atoms with van der Waals surface area (Å²) in [5, 5.41) is 5.08. The highest BCUT2D eigenvalue weighted by atomic mass is 32.1. The van der Waals surface area contributed by atoms with Crippen molar-refractivity contribution in [2.24, 2.45) is 0 Å². The fourth-order valence-electron chi connectivity index (χ4n) is 5.02. The van der Waals surface area contributed by atoms with Crippen LogP contribution < -0.4 is 0 Å². The molecule has 0 saturated heterocycles. The molecule has 1 atom stereocenters. The third-order valence-corrected chi connectivity index (χ3v) is 7.32. The molecule has 2 saturated carbocycles. The fourth-order valence-corrected chi connectivity index (χ4v) is 5.27. The van der Waals surface area contributed by atoms with Crippen molar-refractivity contribution < 1.29 is 0 Å². The molecule has 1 heterocycles. The molecular formula is C25H28N4S. The molecule has 0 aliphatic heterocycles. The minimum Gasteiger partial charge on any atom is -0.299 e. The Kier molecular flexibility index (Phi) is 4.61. The molecule has 4 nitrogen and oxygen atoms in total. The number of fused-ring (bicyclic) bond motifs is 1. The maximum absolute atomic E-state index is 5.97. The summed E-state index contributed by atoms with van der Waals surface area (Å²) in [6.45, 7) is 1.63. The molecule has 6 rings (SSSR count). The maximum atomic E-state index is 5.97. The number of hydrogen-bond acceptors (Lipinski definition) is 3. The Bertz CT molecular complexity index is 1110. The molecule has 5 heteroatoms. The topological polar surface area (TPSA) is 26.0 Å². The summed E-state index contributed by atoms with van der Waals surface area (Å²) in [6, 6.07) is 20.8. The standard InChI is InChI=1S/C25H28N4S/c30-25-27(16-18-6-2-1-3-7-18)24(20-10-11-20)26-29(25)17-28(21-13-14-21)23-15-12-19-8-4-5-9-22(19)23/h1-9,20-21,23H,10-17H2. The van der Waals surface area contributed by atoms with E-state index in [1.165, 1.54) is 61.0 Å². The molecule has 3 aliphatic carbocycles. The van der Waals surface area contributed by atoms with Crippen LogP contribution in [-0.2, 0) is 19.6 Å². The number of rotatable bonds is 7. The molecule has 0 radical (unpaired) electrons. The van der Waals surface area contributed by atoms with Crippen molar-refractivity contribution in [2.75, 3.05) is 0 Å². The van der Waals surface area contributed by atoms with Crippen molar-refractivity contribution in [3.63, 3.8) is 0 Å². The van der Waals surface area contributed by atoms with E-state index in [4.69, 9.17) is 17.3 Å². The molecule has 2 fully saturated rings. The molecule has 1 aromatic heterocycles. The number of aromatic nitrogens is 3. The predicted molar refractivity (Wildman–Crippen MR) is 121 cm³/mol. The first-order valence-electron chi connectivity index (χ1n) is 11.3. The van der Waals surface area contributed by atoms with Gasteiger partial charge >= 0.3 is 0 Å². The van der Waals surface area contributed by atoms with Gasteiger partial charge in [0.25, 0.3) is 0 Å². The summed E-state index contributed by atoms with van der Waals surface area (Å²) in [4.78, 5) is 2.68. The maximum Gasteiger partial charge on any atom is 0.199 e. The predicted octanol–water partition coefficient (Wildman–Crippen LogP) is 5.45. The smallest absolute Gasteiger partial charge is 0.199 e. The van der Waals surface area contributed by atoms with E-state index in [-0.39, 0.29) is 0 Å². The Labute approximate surface area is 183 Å². The van der Waals surface area contributed by atoms with E-state index in [0.29, 0.717) is 18.0 Å². The van der Waals surface area contributed by atoms with Crippen molar-refractivity contribution in [1.82, 2.24) is 19.2 Å². The lowest BCUT2D eigenvalue weighted by molar-refractivity contribution is 0.131. The van der Waals surface area contributed by atoms with Gasteiger partial charge < -0.3 is 0 Å². The second-order valence-corrected chi connectivity index (χ2v) is 9.49. The van der Waals surface area contributed by atoms with Gasteiger partial charge in [0.2, 0.25) is 0 Å². The van der Waals surface area contributed by atoms with E-state index in [2.05, 4.69) is 68.7 Å². The lowest BCUT2D eigenvalue weighted by atomic mass is 10.1. The second-order valence-electron chi connectivity index (χ2n) is 9.13. The third-order valence-electron chi connectivity index (χ3n) is 6.89. The molecule has 154 valence electrons. The van der Waals surface area contributed by atoms with Crippen LogP contribution in [-0.4, -0.2) is 25.3 Å². The molecule has 30 heavy (non-hydrogen) atoms. The van der Waals surface area contributed by atoms with E-state index >= 15 is 0 Å². The van der Waals surface area contributed by atoms with E-state index in [1.54, 1.807) is 0 Å². The minimum atomic E-state index is 0.499. The molecular weight excluding hydrogens is 388 g/mol. The Hall–Kier alpha value is -2.24. The molecule has 1 unspecified atom stereocenters. The van der Waals surface area contributed by atoms with Gasteiger partial charge in [-0.15, -0.1) is 0 Å². The summed E-state index contributed by atoms with van der Waals surface area (Å²) in [5.41, 5.74) is 4.32. The number of hydrogen-bond donors (Lipinski definition) is 0. The molecule has 0 N–H and O–H groups in total. The van der Waals surface area contributed by atoms with Gasteiger partial charge in [-0.2, -0.15) is 5.10 Å². The van der Waals surface area contributed by atoms with Crippen LogP contribution in [0.5, 0.6) is 0 Å². The van der Waals surface area contributed by atoms with Crippen molar-refractivity contribution in [2.45, 2.75) is 69.7 Å². The van der Waals surface area contributed by atoms with Crippen LogP contribution >= 0.6 is 12.2 Å². The van der Waals surface area contributed by atoms with Gasteiger partial charge in [-0.1, -0.05) is 54.6 Å². The zero-order valence-electron chi connectivity index (χ0n) is 17.3. The first-order chi connectivity index (χ1) is 14.8. The van der Waals surface area contributed by atoms with Crippen LogP contribution in [0, 0.1) is 4.77 Å². The van der Waals surface area contributed by atoms with Crippen LogP contribution in [0.15, 0.2) is 54.6 Å². The van der Waals surface area contributed by atoms with Gasteiger partial charge in [0.05, 0.1) is 13.2 Å². The summed E-state index contributed by atoms with van der Waals surface area (Å²) < 4.78 is 5.28. The Morgan fingerprint density at radius 1 is 0.933 bits per heavy atom. The van der Waals surface area contributed by atoms with Gasteiger partial charge in [0.1, 0.15) is 5.82 Å². The Morgan fingerprint density at radius 3 is 2.47 bits per heavy atom. The van der Waals surface area contributed by atoms with E-state index in [9.17, 15) is 0 Å². The highest BCUT2D eigenvalue weighted by Gasteiger charge is 2.38. The summed E-state index contributed by atoms with van der Waals surface area (Å²) in [5.74, 6) is 1.77. The zero-order valence-corrected chi connectivity index (χ0v) is 18.1. The molecule has 2 aromatic carbocycles. The van der Waals surface area contributed by atoms with E-state index in [0.717, 1.165) is 18.0 Å². The van der Waals surface area contributed by atoms with Crippen molar-refractivity contribution in [1.29, 1.82) is 0 Å². The highest BCUT2D eigenvalue weighted by molar-refractivity contribution is 7.71. The summed E-state index contributed by atoms with van der Waals surface area (Å²) in [7, 11) is 0. The second kappa shape index (κ2) is 7.47. The molecule has 0 amide bonds.